The summed E-state index contributed by atoms with van der Waals surface area (Å²) in [6.45, 7) is 7.24. The van der Waals surface area contributed by atoms with E-state index >= 15 is 0 Å². The van der Waals surface area contributed by atoms with Gasteiger partial charge in [-0.3, -0.25) is 9.58 Å². The van der Waals surface area contributed by atoms with Gasteiger partial charge in [-0.25, -0.2) is 9.97 Å². The van der Waals surface area contributed by atoms with E-state index in [1.807, 2.05) is 17.9 Å². The third-order valence-corrected chi connectivity index (χ3v) is 5.06. The Morgan fingerprint density at radius 2 is 2.00 bits per heavy atom. The van der Waals surface area contributed by atoms with Crippen LogP contribution in [-0.2, 0) is 11.8 Å². The molecule has 7 heteroatoms. The molecule has 0 N–H and O–H groups in total. The number of morpholine rings is 1. The van der Waals surface area contributed by atoms with E-state index in [0.717, 1.165) is 49.6 Å². The van der Waals surface area contributed by atoms with Gasteiger partial charge in [-0.2, -0.15) is 5.10 Å². The Balaban J connectivity index is 1.46. The molecule has 0 saturated carbocycles. The van der Waals surface area contributed by atoms with Crippen LogP contribution in [-0.4, -0.2) is 69.6 Å². The minimum absolute atomic E-state index is 0.360. The number of hydrogen-bond acceptors (Lipinski definition) is 6. The average Bonchev–Trinajstić information content (AvgIpc) is 2.97. The number of nitrogens with zero attached hydrogens (tertiary/aromatic N) is 6. The lowest BCUT2D eigenvalue weighted by Crippen LogP contribution is -2.51. The fourth-order valence-corrected chi connectivity index (χ4v) is 3.82. The molecule has 0 amide bonds. The molecule has 4 heterocycles. The summed E-state index contributed by atoms with van der Waals surface area (Å²) in [5, 5.41) is 5.36. The molecule has 0 aromatic carbocycles. The topological polar surface area (TPSA) is 59.3 Å². The molecule has 0 bridgehead atoms. The maximum Gasteiger partial charge on any atom is 0.163 e. The van der Waals surface area contributed by atoms with Gasteiger partial charge in [0.2, 0.25) is 0 Å². The van der Waals surface area contributed by atoms with Crippen LogP contribution < -0.4 is 4.90 Å². The summed E-state index contributed by atoms with van der Waals surface area (Å²) in [7, 11) is 1.92. The summed E-state index contributed by atoms with van der Waals surface area (Å²) in [6, 6.07) is 0.670. The normalized spacial score (nSPS) is 24.4. The lowest BCUT2D eigenvalue weighted by atomic mass is 10.0. The first-order valence-corrected chi connectivity index (χ1v) is 8.45. The average molecular weight is 316 g/mol. The first-order valence-electron chi connectivity index (χ1n) is 8.45. The second-order valence-electron chi connectivity index (χ2n) is 6.60. The molecule has 0 unspecified atom stereocenters. The highest BCUT2D eigenvalue weighted by atomic mass is 16.5. The zero-order chi connectivity index (χ0) is 15.8. The number of aryl methyl sites for hydroxylation is 1. The van der Waals surface area contributed by atoms with Crippen molar-refractivity contribution in [3.05, 3.63) is 12.5 Å². The molecule has 4 rings (SSSR count). The van der Waals surface area contributed by atoms with Gasteiger partial charge in [-0.1, -0.05) is 0 Å². The summed E-state index contributed by atoms with van der Waals surface area (Å²) in [4.78, 5) is 13.8. The fraction of sp³-hybridized carbons (Fsp3) is 0.688. The van der Waals surface area contributed by atoms with Crippen molar-refractivity contribution >= 4 is 16.9 Å². The first kappa shape index (κ1) is 14.8. The number of hydrogen-bond donors (Lipinski definition) is 0. The summed E-state index contributed by atoms with van der Waals surface area (Å²) >= 11 is 0. The van der Waals surface area contributed by atoms with Crippen LogP contribution in [0.3, 0.4) is 0 Å². The highest BCUT2D eigenvalue weighted by Gasteiger charge is 2.29. The molecule has 0 radical (unpaired) electrons. The van der Waals surface area contributed by atoms with Crippen LogP contribution in [0.2, 0.25) is 0 Å². The fourth-order valence-electron chi connectivity index (χ4n) is 3.82. The van der Waals surface area contributed by atoms with Crippen LogP contribution >= 0.6 is 0 Å². The van der Waals surface area contributed by atoms with Crippen molar-refractivity contribution in [1.82, 2.24) is 24.6 Å². The van der Waals surface area contributed by atoms with E-state index in [1.54, 1.807) is 6.33 Å². The molecule has 0 spiro atoms. The van der Waals surface area contributed by atoms with E-state index < -0.39 is 0 Å². The third-order valence-electron chi connectivity index (χ3n) is 5.06. The zero-order valence-corrected chi connectivity index (χ0v) is 13.9. The Kier molecular flexibility index (Phi) is 3.90. The predicted octanol–water partition coefficient (Wildman–Crippen LogP) is 1.05. The molecule has 124 valence electrons. The van der Waals surface area contributed by atoms with E-state index in [9.17, 15) is 0 Å². The van der Waals surface area contributed by atoms with Crippen LogP contribution in [0.4, 0.5) is 5.82 Å². The lowest BCUT2D eigenvalue weighted by Gasteiger charge is -2.42. The molecule has 2 aliphatic heterocycles. The molecule has 0 aliphatic carbocycles. The zero-order valence-electron chi connectivity index (χ0n) is 13.9. The molecule has 23 heavy (non-hydrogen) atoms. The summed E-state index contributed by atoms with van der Waals surface area (Å²) < 4.78 is 7.47. The second kappa shape index (κ2) is 6.05. The molecular formula is C16H24N6O. The quantitative estimate of drug-likeness (QED) is 0.825. The van der Waals surface area contributed by atoms with Gasteiger partial charge < -0.3 is 9.64 Å². The van der Waals surface area contributed by atoms with Crippen molar-refractivity contribution < 1.29 is 4.74 Å². The Bertz CT molecular complexity index is 678. The summed E-state index contributed by atoms with van der Waals surface area (Å²) in [5.41, 5.74) is 0.902. The van der Waals surface area contributed by atoms with E-state index in [1.165, 1.54) is 12.8 Å². The highest BCUT2D eigenvalue weighted by molar-refractivity contribution is 5.86. The van der Waals surface area contributed by atoms with Gasteiger partial charge in [0.15, 0.2) is 5.65 Å². The van der Waals surface area contributed by atoms with Gasteiger partial charge in [0.25, 0.3) is 0 Å². The summed E-state index contributed by atoms with van der Waals surface area (Å²) in [6.07, 6.45) is 6.24. The Hall–Kier alpha value is -1.73. The molecule has 1 atom stereocenters. The maximum absolute atomic E-state index is 5.66. The highest BCUT2D eigenvalue weighted by Crippen LogP contribution is 2.27. The smallest absolute Gasteiger partial charge is 0.163 e. The minimum Gasteiger partial charge on any atom is -0.376 e. The second-order valence-corrected chi connectivity index (χ2v) is 6.60. The van der Waals surface area contributed by atoms with Crippen LogP contribution in [0.15, 0.2) is 12.5 Å². The molecule has 2 aromatic heterocycles. The molecule has 2 fully saturated rings. The van der Waals surface area contributed by atoms with Crippen molar-refractivity contribution in [2.45, 2.75) is 31.9 Å². The number of rotatable bonds is 2. The predicted molar refractivity (Wildman–Crippen MR) is 88.5 cm³/mol. The minimum atomic E-state index is 0.360. The Labute approximate surface area is 136 Å². The molecule has 2 saturated heterocycles. The number of piperidine rings is 1. The van der Waals surface area contributed by atoms with Gasteiger partial charge in [0, 0.05) is 39.3 Å². The SMILES string of the molecule is C[C@@H]1CN(C2CCN(c3ncnc4c3cnn4C)CC2)CCO1. The van der Waals surface area contributed by atoms with E-state index in [2.05, 4.69) is 31.8 Å². The van der Waals surface area contributed by atoms with Crippen molar-refractivity contribution in [2.24, 2.45) is 7.05 Å². The molecule has 2 aromatic rings. The number of anilines is 1. The Morgan fingerprint density at radius 1 is 1.17 bits per heavy atom. The molecular weight excluding hydrogens is 292 g/mol. The van der Waals surface area contributed by atoms with Crippen molar-refractivity contribution in [3.8, 4) is 0 Å². The molecule has 7 nitrogen and oxygen atoms in total. The van der Waals surface area contributed by atoms with Crippen LogP contribution in [0.25, 0.3) is 11.0 Å². The van der Waals surface area contributed by atoms with Gasteiger partial charge >= 0.3 is 0 Å². The van der Waals surface area contributed by atoms with Gasteiger partial charge in [-0.15, -0.1) is 0 Å². The monoisotopic (exact) mass is 316 g/mol. The number of fused-ring (bicyclic) bond motifs is 1. The van der Waals surface area contributed by atoms with Crippen LogP contribution in [0.5, 0.6) is 0 Å². The number of ether oxygens (including phenoxy) is 1. The largest absolute Gasteiger partial charge is 0.376 e. The Morgan fingerprint density at radius 3 is 2.78 bits per heavy atom. The van der Waals surface area contributed by atoms with E-state index in [-0.39, 0.29) is 0 Å². The van der Waals surface area contributed by atoms with Crippen molar-refractivity contribution in [2.75, 3.05) is 37.7 Å². The summed E-state index contributed by atoms with van der Waals surface area (Å²) in [5.74, 6) is 1.02. The first-order chi connectivity index (χ1) is 11.2. The van der Waals surface area contributed by atoms with Crippen LogP contribution in [0.1, 0.15) is 19.8 Å². The van der Waals surface area contributed by atoms with Gasteiger partial charge in [0.1, 0.15) is 12.1 Å². The number of aromatic nitrogens is 4. The van der Waals surface area contributed by atoms with E-state index in [4.69, 9.17) is 4.74 Å². The lowest BCUT2D eigenvalue weighted by molar-refractivity contribution is -0.0373. The molecule has 2 aliphatic rings. The van der Waals surface area contributed by atoms with Gasteiger partial charge in [0.05, 0.1) is 24.3 Å². The van der Waals surface area contributed by atoms with Crippen molar-refractivity contribution in [3.63, 3.8) is 0 Å². The van der Waals surface area contributed by atoms with Crippen LogP contribution in [0, 0.1) is 0 Å². The van der Waals surface area contributed by atoms with E-state index in [0.29, 0.717) is 12.1 Å². The van der Waals surface area contributed by atoms with Gasteiger partial charge in [-0.05, 0) is 19.8 Å². The third kappa shape index (κ3) is 2.79. The maximum atomic E-state index is 5.66. The van der Waals surface area contributed by atoms with Crippen molar-refractivity contribution in [1.29, 1.82) is 0 Å². The standard InChI is InChI=1S/C16H24N6O/c1-12-10-22(7-8-23-12)13-3-5-21(6-4-13)16-14-9-19-20(2)15(14)17-11-18-16/h9,11-13H,3-8,10H2,1-2H3/t12-/m1/s1.